The minimum Gasteiger partial charge on any atom is -0.330 e. The Morgan fingerprint density at radius 2 is 1.71 bits per heavy atom. The molecule has 86 valence electrons. The second-order valence-corrected chi connectivity index (χ2v) is 4.84. The summed E-state index contributed by atoms with van der Waals surface area (Å²) in [6, 6.07) is 0. The van der Waals surface area contributed by atoms with Gasteiger partial charge >= 0.3 is 0 Å². The van der Waals surface area contributed by atoms with Gasteiger partial charge < -0.3 is 5.73 Å². The predicted molar refractivity (Wildman–Crippen MR) is 65.3 cm³/mol. The Morgan fingerprint density at radius 1 is 1.07 bits per heavy atom. The Balaban J connectivity index is 3.79. The van der Waals surface area contributed by atoms with E-state index in [0.717, 1.165) is 18.4 Å². The molecule has 0 radical (unpaired) electrons. The van der Waals surface area contributed by atoms with Crippen LogP contribution in [0.15, 0.2) is 0 Å². The van der Waals surface area contributed by atoms with Crippen molar-refractivity contribution in [3.05, 3.63) is 0 Å². The van der Waals surface area contributed by atoms with E-state index in [0.29, 0.717) is 5.92 Å². The summed E-state index contributed by atoms with van der Waals surface area (Å²) < 4.78 is 0. The molecule has 0 heterocycles. The molecule has 14 heavy (non-hydrogen) atoms. The van der Waals surface area contributed by atoms with Gasteiger partial charge in [0, 0.05) is 0 Å². The fourth-order valence-electron chi connectivity index (χ4n) is 1.97. The highest BCUT2D eigenvalue weighted by atomic mass is 14.5. The molecular formula is C13H29N. The molecule has 0 aliphatic heterocycles. The largest absolute Gasteiger partial charge is 0.330 e. The van der Waals surface area contributed by atoms with Gasteiger partial charge in [0.25, 0.3) is 0 Å². The second-order valence-electron chi connectivity index (χ2n) is 4.84. The third-order valence-corrected chi connectivity index (χ3v) is 3.59. The van der Waals surface area contributed by atoms with E-state index >= 15 is 0 Å². The number of unbranched alkanes of at least 4 members (excludes halogenated alkanes) is 1. The number of rotatable bonds is 8. The average Bonchev–Trinajstić information content (AvgIpc) is 2.22. The van der Waals surface area contributed by atoms with Crippen LogP contribution in [0.2, 0.25) is 0 Å². The molecule has 0 fully saturated rings. The van der Waals surface area contributed by atoms with Gasteiger partial charge in [-0.15, -0.1) is 0 Å². The third kappa shape index (κ3) is 5.64. The molecule has 0 aromatic heterocycles. The zero-order valence-electron chi connectivity index (χ0n) is 10.6. The van der Waals surface area contributed by atoms with Crippen molar-refractivity contribution in [2.75, 3.05) is 6.54 Å². The first-order valence-corrected chi connectivity index (χ1v) is 6.35. The standard InChI is InChI=1S/C13H29N/c1-5-7-8-13(6-2)9-11(3)12(4)10-14/h11-13H,5-10,14H2,1-4H3. The van der Waals surface area contributed by atoms with Crippen LogP contribution in [0.1, 0.15) is 59.8 Å². The molecule has 0 aromatic rings. The van der Waals surface area contributed by atoms with Gasteiger partial charge in [0.05, 0.1) is 0 Å². The highest BCUT2D eigenvalue weighted by Crippen LogP contribution is 2.25. The Morgan fingerprint density at radius 3 is 2.14 bits per heavy atom. The molecule has 0 amide bonds. The van der Waals surface area contributed by atoms with Crippen LogP contribution < -0.4 is 5.73 Å². The van der Waals surface area contributed by atoms with Gasteiger partial charge in [0.15, 0.2) is 0 Å². The van der Waals surface area contributed by atoms with Crippen LogP contribution in [0.5, 0.6) is 0 Å². The van der Waals surface area contributed by atoms with Crippen LogP contribution in [0, 0.1) is 17.8 Å². The highest BCUT2D eigenvalue weighted by Gasteiger charge is 2.15. The highest BCUT2D eigenvalue weighted by molar-refractivity contribution is 4.67. The van der Waals surface area contributed by atoms with Crippen LogP contribution >= 0.6 is 0 Å². The molecule has 0 bridgehead atoms. The Labute approximate surface area is 90.5 Å². The fourth-order valence-corrected chi connectivity index (χ4v) is 1.97. The van der Waals surface area contributed by atoms with Gasteiger partial charge in [0.2, 0.25) is 0 Å². The summed E-state index contributed by atoms with van der Waals surface area (Å²) in [4.78, 5) is 0. The zero-order valence-corrected chi connectivity index (χ0v) is 10.6. The lowest BCUT2D eigenvalue weighted by Crippen LogP contribution is -2.20. The lowest BCUT2D eigenvalue weighted by molar-refractivity contribution is 0.288. The van der Waals surface area contributed by atoms with E-state index in [1.165, 1.54) is 32.1 Å². The van der Waals surface area contributed by atoms with E-state index in [1.807, 2.05) is 0 Å². The number of nitrogens with two attached hydrogens (primary N) is 1. The molecule has 2 N–H and O–H groups in total. The summed E-state index contributed by atoms with van der Waals surface area (Å²) in [5.74, 6) is 2.41. The smallest absolute Gasteiger partial charge is 0.00490 e. The van der Waals surface area contributed by atoms with Gasteiger partial charge in [0.1, 0.15) is 0 Å². The van der Waals surface area contributed by atoms with E-state index in [9.17, 15) is 0 Å². The van der Waals surface area contributed by atoms with E-state index in [4.69, 9.17) is 5.73 Å². The molecule has 0 aliphatic carbocycles. The second kappa shape index (κ2) is 8.28. The minimum absolute atomic E-state index is 0.686. The van der Waals surface area contributed by atoms with Crippen LogP contribution in [-0.4, -0.2) is 6.54 Å². The molecule has 0 aromatic carbocycles. The van der Waals surface area contributed by atoms with Crippen molar-refractivity contribution < 1.29 is 0 Å². The lowest BCUT2D eigenvalue weighted by atomic mass is 9.83. The molecule has 3 unspecified atom stereocenters. The monoisotopic (exact) mass is 199 g/mol. The first kappa shape index (κ1) is 14.0. The normalized spacial score (nSPS) is 17.8. The topological polar surface area (TPSA) is 26.0 Å². The number of hydrogen-bond donors (Lipinski definition) is 1. The molecule has 3 atom stereocenters. The molecule has 0 spiro atoms. The Kier molecular flexibility index (Phi) is 8.26. The van der Waals surface area contributed by atoms with Crippen molar-refractivity contribution in [1.82, 2.24) is 0 Å². The Hall–Kier alpha value is -0.0400. The van der Waals surface area contributed by atoms with Crippen LogP contribution in [-0.2, 0) is 0 Å². The maximum Gasteiger partial charge on any atom is -0.00490 e. The van der Waals surface area contributed by atoms with Crippen LogP contribution in [0.25, 0.3) is 0 Å². The SMILES string of the molecule is CCCCC(CC)CC(C)C(C)CN. The van der Waals surface area contributed by atoms with E-state index in [1.54, 1.807) is 0 Å². The first-order valence-electron chi connectivity index (χ1n) is 6.35. The van der Waals surface area contributed by atoms with Crippen molar-refractivity contribution in [1.29, 1.82) is 0 Å². The summed E-state index contributed by atoms with van der Waals surface area (Å²) in [5.41, 5.74) is 5.69. The number of hydrogen-bond acceptors (Lipinski definition) is 1. The lowest BCUT2D eigenvalue weighted by Gasteiger charge is -2.23. The average molecular weight is 199 g/mol. The van der Waals surface area contributed by atoms with Crippen LogP contribution in [0.4, 0.5) is 0 Å². The molecule has 0 saturated carbocycles. The quantitative estimate of drug-likeness (QED) is 0.632. The molecule has 0 rings (SSSR count). The molecule has 0 aliphatic rings. The van der Waals surface area contributed by atoms with Crippen molar-refractivity contribution >= 4 is 0 Å². The van der Waals surface area contributed by atoms with E-state index in [2.05, 4.69) is 27.7 Å². The maximum atomic E-state index is 5.69. The van der Waals surface area contributed by atoms with Gasteiger partial charge in [-0.05, 0) is 30.7 Å². The maximum absolute atomic E-state index is 5.69. The van der Waals surface area contributed by atoms with Crippen molar-refractivity contribution in [2.45, 2.75) is 59.8 Å². The molecule has 1 nitrogen and oxygen atoms in total. The minimum atomic E-state index is 0.686. The Bertz CT molecular complexity index is 122. The molecule has 1 heteroatoms. The molecular weight excluding hydrogens is 170 g/mol. The summed E-state index contributed by atoms with van der Waals surface area (Å²) in [6.07, 6.45) is 6.84. The van der Waals surface area contributed by atoms with Crippen molar-refractivity contribution in [3.8, 4) is 0 Å². The summed E-state index contributed by atoms with van der Waals surface area (Å²) in [7, 11) is 0. The van der Waals surface area contributed by atoms with Gasteiger partial charge in [-0.3, -0.25) is 0 Å². The van der Waals surface area contributed by atoms with E-state index < -0.39 is 0 Å². The van der Waals surface area contributed by atoms with Gasteiger partial charge in [-0.1, -0.05) is 53.4 Å². The van der Waals surface area contributed by atoms with Crippen molar-refractivity contribution in [3.63, 3.8) is 0 Å². The summed E-state index contributed by atoms with van der Waals surface area (Å²) in [5, 5.41) is 0. The first-order chi connectivity index (χ1) is 6.65. The van der Waals surface area contributed by atoms with Gasteiger partial charge in [-0.25, -0.2) is 0 Å². The zero-order chi connectivity index (χ0) is 11.0. The summed E-state index contributed by atoms with van der Waals surface area (Å²) >= 11 is 0. The van der Waals surface area contributed by atoms with Crippen LogP contribution in [0.3, 0.4) is 0 Å². The third-order valence-electron chi connectivity index (χ3n) is 3.59. The molecule has 0 saturated heterocycles. The predicted octanol–water partition coefficient (Wildman–Crippen LogP) is 3.82. The fraction of sp³-hybridized carbons (Fsp3) is 1.00. The van der Waals surface area contributed by atoms with Gasteiger partial charge in [-0.2, -0.15) is 0 Å². The summed E-state index contributed by atoms with van der Waals surface area (Å²) in [6.45, 7) is 10.1. The van der Waals surface area contributed by atoms with Crippen molar-refractivity contribution in [2.24, 2.45) is 23.5 Å². The van der Waals surface area contributed by atoms with E-state index in [-0.39, 0.29) is 0 Å².